The van der Waals surface area contributed by atoms with Gasteiger partial charge in [0, 0.05) is 18.8 Å². The molecule has 1 amide bonds. The molecule has 0 radical (unpaired) electrons. The molecule has 1 aromatic rings. The summed E-state index contributed by atoms with van der Waals surface area (Å²) in [5.41, 5.74) is 2.30. The Morgan fingerprint density at radius 1 is 1.50 bits per heavy atom. The number of para-hydroxylation sites is 1. The highest BCUT2D eigenvalue weighted by atomic mass is 16.2. The summed E-state index contributed by atoms with van der Waals surface area (Å²) >= 11 is 0. The first-order valence-electron chi connectivity index (χ1n) is 6.27. The number of nitrogens with one attached hydrogen (secondary N) is 1. The van der Waals surface area contributed by atoms with Crippen LogP contribution in [-0.4, -0.2) is 25.0 Å². The Hall–Kier alpha value is -2.02. The van der Waals surface area contributed by atoms with Crippen molar-refractivity contribution in [3.8, 4) is 6.07 Å². The van der Waals surface area contributed by atoms with E-state index in [2.05, 4.69) is 29.3 Å². The fourth-order valence-corrected chi connectivity index (χ4v) is 2.38. The minimum absolute atomic E-state index is 0.0475. The van der Waals surface area contributed by atoms with Crippen molar-refractivity contribution < 1.29 is 4.79 Å². The third-order valence-corrected chi connectivity index (χ3v) is 3.30. The van der Waals surface area contributed by atoms with Gasteiger partial charge in [-0.05, 0) is 18.1 Å². The number of hydrogen-bond acceptors (Lipinski definition) is 3. The standard InChI is InChI=1S/C14H17N3O/c1-2-11-5-3-4-6-12(11)17-10-9-16-14(18)13(17)7-8-15/h3-6,13H,2,7,9-10H2,1H3,(H,16,18). The summed E-state index contributed by atoms with van der Waals surface area (Å²) in [4.78, 5) is 13.9. The Balaban J connectivity index is 2.34. The Morgan fingerprint density at radius 2 is 2.28 bits per heavy atom. The zero-order valence-corrected chi connectivity index (χ0v) is 10.5. The summed E-state index contributed by atoms with van der Waals surface area (Å²) in [5.74, 6) is -0.0475. The molecule has 4 heteroatoms. The monoisotopic (exact) mass is 243 g/mol. The lowest BCUT2D eigenvalue weighted by molar-refractivity contribution is -0.123. The number of nitrogens with zero attached hydrogens (tertiary/aromatic N) is 2. The van der Waals surface area contributed by atoms with Gasteiger partial charge in [0.25, 0.3) is 0 Å². The first-order chi connectivity index (χ1) is 8.77. The zero-order valence-electron chi connectivity index (χ0n) is 10.5. The van der Waals surface area contributed by atoms with Crippen LogP contribution in [0.5, 0.6) is 0 Å². The molecule has 1 aromatic carbocycles. The van der Waals surface area contributed by atoms with Crippen molar-refractivity contribution in [3.05, 3.63) is 29.8 Å². The summed E-state index contributed by atoms with van der Waals surface area (Å²) in [5, 5.41) is 11.7. The average molecular weight is 243 g/mol. The maximum atomic E-state index is 11.9. The predicted octanol–water partition coefficient (Wildman–Crippen LogP) is 1.47. The maximum Gasteiger partial charge on any atom is 0.243 e. The van der Waals surface area contributed by atoms with Gasteiger partial charge in [-0.2, -0.15) is 5.26 Å². The number of carbonyl (C=O) groups is 1. The number of aryl methyl sites for hydroxylation is 1. The summed E-state index contributed by atoms with van der Waals surface area (Å²) < 4.78 is 0. The van der Waals surface area contributed by atoms with E-state index in [1.54, 1.807) is 0 Å². The SMILES string of the molecule is CCc1ccccc1N1CCNC(=O)C1CC#N. The van der Waals surface area contributed by atoms with E-state index in [0.717, 1.165) is 18.7 Å². The van der Waals surface area contributed by atoms with Gasteiger partial charge in [0.15, 0.2) is 0 Å². The second kappa shape index (κ2) is 5.54. The van der Waals surface area contributed by atoms with Crippen molar-refractivity contribution in [2.75, 3.05) is 18.0 Å². The average Bonchev–Trinajstić information content (AvgIpc) is 2.41. The quantitative estimate of drug-likeness (QED) is 0.874. The van der Waals surface area contributed by atoms with Crippen LogP contribution in [0.2, 0.25) is 0 Å². The van der Waals surface area contributed by atoms with Crippen molar-refractivity contribution in [2.24, 2.45) is 0 Å². The van der Waals surface area contributed by atoms with E-state index >= 15 is 0 Å². The lowest BCUT2D eigenvalue weighted by atomic mass is 10.0. The van der Waals surface area contributed by atoms with Gasteiger partial charge in [-0.3, -0.25) is 4.79 Å². The minimum Gasteiger partial charge on any atom is -0.357 e. The fourth-order valence-electron chi connectivity index (χ4n) is 2.38. The van der Waals surface area contributed by atoms with Crippen LogP contribution >= 0.6 is 0 Å². The van der Waals surface area contributed by atoms with E-state index in [9.17, 15) is 4.79 Å². The molecule has 1 saturated heterocycles. The molecule has 1 aliphatic rings. The van der Waals surface area contributed by atoms with Gasteiger partial charge >= 0.3 is 0 Å². The molecule has 0 aromatic heterocycles. The molecule has 18 heavy (non-hydrogen) atoms. The molecule has 2 rings (SSSR count). The molecule has 1 aliphatic heterocycles. The van der Waals surface area contributed by atoms with Crippen LogP contribution in [0.15, 0.2) is 24.3 Å². The Labute approximate surface area is 107 Å². The van der Waals surface area contributed by atoms with Gasteiger partial charge in [-0.25, -0.2) is 0 Å². The van der Waals surface area contributed by atoms with Crippen molar-refractivity contribution in [1.82, 2.24) is 5.32 Å². The van der Waals surface area contributed by atoms with Crippen LogP contribution in [0.25, 0.3) is 0 Å². The fraction of sp³-hybridized carbons (Fsp3) is 0.429. The largest absolute Gasteiger partial charge is 0.357 e. The predicted molar refractivity (Wildman–Crippen MR) is 70.2 cm³/mol. The molecular weight excluding hydrogens is 226 g/mol. The molecule has 0 bridgehead atoms. The van der Waals surface area contributed by atoms with Crippen molar-refractivity contribution in [1.29, 1.82) is 5.26 Å². The number of anilines is 1. The minimum atomic E-state index is -0.364. The molecule has 94 valence electrons. The molecule has 4 nitrogen and oxygen atoms in total. The highest BCUT2D eigenvalue weighted by molar-refractivity contribution is 5.87. The summed E-state index contributed by atoms with van der Waals surface area (Å²) in [6, 6.07) is 9.82. The molecule has 0 aliphatic carbocycles. The van der Waals surface area contributed by atoms with E-state index in [-0.39, 0.29) is 18.4 Å². The third-order valence-electron chi connectivity index (χ3n) is 3.30. The van der Waals surface area contributed by atoms with Crippen LogP contribution in [0.3, 0.4) is 0 Å². The maximum absolute atomic E-state index is 11.9. The first-order valence-corrected chi connectivity index (χ1v) is 6.27. The van der Waals surface area contributed by atoms with E-state index in [0.29, 0.717) is 6.54 Å². The Kier molecular flexibility index (Phi) is 3.83. The van der Waals surface area contributed by atoms with Crippen molar-refractivity contribution in [2.45, 2.75) is 25.8 Å². The summed E-state index contributed by atoms with van der Waals surface area (Å²) in [6.45, 7) is 3.50. The van der Waals surface area contributed by atoms with E-state index in [1.165, 1.54) is 5.56 Å². The number of hydrogen-bond donors (Lipinski definition) is 1. The number of amides is 1. The molecule has 0 spiro atoms. The van der Waals surface area contributed by atoms with Gasteiger partial charge in [-0.15, -0.1) is 0 Å². The van der Waals surface area contributed by atoms with Crippen LogP contribution in [0.4, 0.5) is 5.69 Å². The topological polar surface area (TPSA) is 56.1 Å². The molecule has 1 N–H and O–H groups in total. The van der Waals surface area contributed by atoms with Crippen LogP contribution < -0.4 is 10.2 Å². The number of benzene rings is 1. The van der Waals surface area contributed by atoms with Gasteiger partial charge < -0.3 is 10.2 Å². The lowest BCUT2D eigenvalue weighted by Gasteiger charge is -2.36. The molecule has 1 unspecified atom stereocenters. The zero-order chi connectivity index (χ0) is 13.0. The lowest BCUT2D eigenvalue weighted by Crippen LogP contribution is -2.55. The van der Waals surface area contributed by atoms with E-state index in [1.807, 2.05) is 18.2 Å². The molecule has 1 atom stereocenters. The first kappa shape index (κ1) is 12.4. The van der Waals surface area contributed by atoms with Gasteiger partial charge in [0.05, 0.1) is 12.5 Å². The second-order valence-corrected chi connectivity index (χ2v) is 4.34. The van der Waals surface area contributed by atoms with E-state index < -0.39 is 0 Å². The van der Waals surface area contributed by atoms with Crippen molar-refractivity contribution >= 4 is 11.6 Å². The molecular formula is C14H17N3O. The summed E-state index contributed by atoms with van der Waals surface area (Å²) in [6.07, 6.45) is 1.15. The number of rotatable bonds is 3. The van der Waals surface area contributed by atoms with Crippen LogP contribution in [0.1, 0.15) is 18.9 Å². The van der Waals surface area contributed by atoms with Gasteiger partial charge in [0.1, 0.15) is 6.04 Å². The van der Waals surface area contributed by atoms with Crippen LogP contribution in [-0.2, 0) is 11.2 Å². The Morgan fingerprint density at radius 3 is 3.00 bits per heavy atom. The highest BCUT2D eigenvalue weighted by Crippen LogP contribution is 2.25. The van der Waals surface area contributed by atoms with Gasteiger partial charge in [-0.1, -0.05) is 25.1 Å². The summed E-state index contributed by atoms with van der Waals surface area (Å²) in [7, 11) is 0. The molecule has 0 saturated carbocycles. The normalized spacial score (nSPS) is 19.2. The smallest absolute Gasteiger partial charge is 0.243 e. The Bertz CT molecular complexity index is 478. The number of nitriles is 1. The third kappa shape index (κ3) is 2.30. The molecule has 1 fully saturated rings. The van der Waals surface area contributed by atoms with Crippen molar-refractivity contribution in [3.63, 3.8) is 0 Å². The second-order valence-electron chi connectivity index (χ2n) is 4.34. The van der Waals surface area contributed by atoms with E-state index in [4.69, 9.17) is 5.26 Å². The number of carbonyl (C=O) groups excluding carboxylic acids is 1. The van der Waals surface area contributed by atoms with Crippen LogP contribution in [0, 0.1) is 11.3 Å². The van der Waals surface area contributed by atoms with Gasteiger partial charge in [0.2, 0.25) is 5.91 Å². The number of piperazine rings is 1. The highest BCUT2D eigenvalue weighted by Gasteiger charge is 2.30. The molecule has 1 heterocycles.